The van der Waals surface area contributed by atoms with Gasteiger partial charge in [0.25, 0.3) is 10.0 Å². The highest BCUT2D eigenvalue weighted by atomic mass is 32.2. The summed E-state index contributed by atoms with van der Waals surface area (Å²) in [5.74, 6) is -0.996. The Morgan fingerprint density at radius 1 is 1.21 bits per heavy atom. The summed E-state index contributed by atoms with van der Waals surface area (Å²) < 4.78 is 40.2. The second kappa shape index (κ2) is 8.31. The number of aromatic nitrogens is 1. The number of nitrogens with one attached hydrogen (secondary N) is 1. The number of thiophene rings is 1. The summed E-state index contributed by atoms with van der Waals surface area (Å²) >= 11 is 2.45. The molecule has 1 aliphatic rings. The van der Waals surface area contributed by atoms with Gasteiger partial charge in [0.1, 0.15) is 10.0 Å². The SMILES string of the molecule is O=C(Nc1nc(-c2ccc(F)cc2)cs1)C1CCCN(S(=O)(=O)c2cccs2)C1. The Morgan fingerprint density at radius 2 is 2.00 bits per heavy atom. The zero-order chi connectivity index (χ0) is 20.4. The van der Waals surface area contributed by atoms with Crippen molar-refractivity contribution in [2.75, 3.05) is 18.4 Å². The smallest absolute Gasteiger partial charge is 0.252 e. The zero-order valence-corrected chi connectivity index (χ0v) is 17.7. The first-order valence-electron chi connectivity index (χ1n) is 8.99. The van der Waals surface area contributed by atoms with Crippen molar-refractivity contribution < 1.29 is 17.6 Å². The molecule has 1 N–H and O–H groups in total. The highest BCUT2D eigenvalue weighted by Crippen LogP contribution is 2.29. The molecule has 0 spiro atoms. The first-order valence-corrected chi connectivity index (χ1v) is 12.2. The van der Waals surface area contributed by atoms with E-state index in [0.29, 0.717) is 34.4 Å². The lowest BCUT2D eigenvalue weighted by Gasteiger charge is -2.30. The Balaban J connectivity index is 1.43. The van der Waals surface area contributed by atoms with Gasteiger partial charge in [-0.3, -0.25) is 4.79 Å². The van der Waals surface area contributed by atoms with Crippen LogP contribution in [-0.4, -0.2) is 36.7 Å². The average Bonchev–Trinajstić information content (AvgIpc) is 3.41. The van der Waals surface area contributed by atoms with Gasteiger partial charge in [-0.1, -0.05) is 6.07 Å². The fourth-order valence-electron chi connectivity index (χ4n) is 3.20. The van der Waals surface area contributed by atoms with E-state index in [0.717, 1.165) is 5.56 Å². The summed E-state index contributed by atoms with van der Waals surface area (Å²) in [5, 5.41) is 6.75. The molecule has 0 aliphatic carbocycles. The van der Waals surface area contributed by atoms with Gasteiger partial charge in [-0.2, -0.15) is 4.31 Å². The minimum atomic E-state index is -3.57. The fraction of sp³-hybridized carbons (Fsp3) is 0.263. The largest absolute Gasteiger partial charge is 0.302 e. The van der Waals surface area contributed by atoms with Crippen LogP contribution >= 0.6 is 22.7 Å². The Hall–Kier alpha value is -2.14. The Bertz CT molecular complexity index is 1100. The maximum absolute atomic E-state index is 13.1. The Kier molecular flexibility index (Phi) is 5.77. The third-order valence-electron chi connectivity index (χ3n) is 4.72. The quantitative estimate of drug-likeness (QED) is 0.635. The summed E-state index contributed by atoms with van der Waals surface area (Å²) in [5.41, 5.74) is 1.41. The molecule has 3 heterocycles. The number of anilines is 1. The molecule has 2 aromatic heterocycles. The van der Waals surface area contributed by atoms with Crippen molar-refractivity contribution in [1.29, 1.82) is 0 Å². The van der Waals surface area contributed by atoms with E-state index in [1.165, 1.54) is 39.1 Å². The number of thiazole rings is 1. The number of sulfonamides is 1. The molecule has 1 aliphatic heterocycles. The van der Waals surface area contributed by atoms with Gasteiger partial charge in [0, 0.05) is 24.0 Å². The third-order valence-corrected chi connectivity index (χ3v) is 8.71. The molecule has 1 unspecified atom stereocenters. The van der Waals surface area contributed by atoms with Gasteiger partial charge < -0.3 is 5.32 Å². The molecule has 0 bridgehead atoms. The van der Waals surface area contributed by atoms with Gasteiger partial charge in [-0.25, -0.2) is 17.8 Å². The lowest BCUT2D eigenvalue weighted by molar-refractivity contribution is -0.120. The van der Waals surface area contributed by atoms with Crippen molar-refractivity contribution >= 4 is 43.7 Å². The number of amides is 1. The number of halogens is 1. The third kappa shape index (κ3) is 4.40. The highest BCUT2D eigenvalue weighted by molar-refractivity contribution is 7.91. The fourth-order valence-corrected chi connectivity index (χ4v) is 6.60. The number of piperidine rings is 1. The van der Waals surface area contributed by atoms with E-state index in [9.17, 15) is 17.6 Å². The van der Waals surface area contributed by atoms with Crippen LogP contribution in [0.1, 0.15) is 12.8 Å². The van der Waals surface area contributed by atoms with Crippen molar-refractivity contribution in [3.8, 4) is 11.3 Å². The maximum atomic E-state index is 13.1. The molecule has 1 amide bonds. The predicted molar refractivity (Wildman–Crippen MR) is 112 cm³/mol. The number of hydrogen-bond acceptors (Lipinski definition) is 6. The van der Waals surface area contributed by atoms with Gasteiger partial charge in [-0.15, -0.1) is 22.7 Å². The normalized spacial score (nSPS) is 17.9. The number of benzene rings is 1. The van der Waals surface area contributed by atoms with E-state index in [-0.39, 0.29) is 18.3 Å². The molecule has 1 saturated heterocycles. The first kappa shape index (κ1) is 20.1. The Morgan fingerprint density at radius 3 is 2.72 bits per heavy atom. The molecule has 1 atom stereocenters. The van der Waals surface area contributed by atoms with E-state index in [1.54, 1.807) is 35.0 Å². The molecular formula is C19H18FN3O3S3. The number of hydrogen-bond donors (Lipinski definition) is 1. The van der Waals surface area contributed by atoms with Crippen molar-refractivity contribution in [2.45, 2.75) is 17.1 Å². The van der Waals surface area contributed by atoms with Crippen molar-refractivity contribution in [1.82, 2.24) is 9.29 Å². The standard InChI is InChI=1S/C19H18FN3O3S3/c20-15-7-5-13(6-8-15)16-12-28-19(21-16)22-18(24)14-3-1-9-23(11-14)29(25,26)17-4-2-10-27-17/h2,4-8,10,12,14H,1,3,9,11H2,(H,21,22,24). The van der Waals surface area contributed by atoms with Crippen molar-refractivity contribution in [3.63, 3.8) is 0 Å². The summed E-state index contributed by atoms with van der Waals surface area (Å²) in [6.45, 7) is 0.568. The van der Waals surface area contributed by atoms with Crippen LogP contribution in [0.5, 0.6) is 0 Å². The van der Waals surface area contributed by atoms with E-state index < -0.39 is 15.9 Å². The minimum Gasteiger partial charge on any atom is -0.302 e. The van der Waals surface area contributed by atoms with Crippen LogP contribution in [0.15, 0.2) is 51.4 Å². The summed E-state index contributed by atoms with van der Waals surface area (Å²) in [6.07, 6.45) is 1.25. The van der Waals surface area contributed by atoms with Crippen LogP contribution in [0.25, 0.3) is 11.3 Å². The number of carbonyl (C=O) groups excluding carboxylic acids is 1. The first-order chi connectivity index (χ1) is 13.9. The van der Waals surface area contributed by atoms with Crippen LogP contribution < -0.4 is 5.32 Å². The molecule has 6 nitrogen and oxygen atoms in total. The van der Waals surface area contributed by atoms with Crippen LogP contribution in [0.3, 0.4) is 0 Å². The summed E-state index contributed by atoms with van der Waals surface area (Å²) in [4.78, 5) is 17.1. The molecule has 1 fully saturated rings. The second-order valence-electron chi connectivity index (χ2n) is 6.67. The molecule has 1 aromatic carbocycles. The van der Waals surface area contributed by atoms with E-state index in [1.807, 2.05) is 0 Å². The zero-order valence-electron chi connectivity index (χ0n) is 15.2. The minimum absolute atomic E-state index is 0.155. The maximum Gasteiger partial charge on any atom is 0.252 e. The average molecular weight is 452 g/mol. The van der Waals surface area contributed by atoms with Crippen LogP contribution in [-0.2, 0) is 14.8 Å². The Labute approximate surface area is 176 Å². The second-order valence-corrected chi connectivity index (χ2v) is 10.6. The van der Waals surface area contributed by atoms with Gasteiger partial charge in [-0.05, 0) is 48.6 Å². The van der Waals surface area contributed by atoms with Crippen LogP contribution in [0, 0.1) is 11.7 Å². The monoisotopic (exact) mass is 451 g/mol. The van der Waals surface area contributed by atoms with Crippen LogP contribution in [0.2, 0.25) is 0 Å². The number of rotatable bonds is 5. The molecule has 0 saturated carbocycles. The molecular weight excluding hydrogens is 433 g/mol. The molecule has 29 heavy (non-hydrogen) atoms. The van der Waals surface area contributed by atoms with E-state index in [4.69, 9.17) is 0 Å². The van der Waals surface area contributed by atoms with Crippen molar-refractivity contribution in [2.24, 2.45) is 5.92 Å². The lowest BCUT2D eigenvalue weighted by Crippen LogP contribution is -2.43. The molecule has 4 rings (SSSR count). The van der Waals surface area contributed by atoms with Gasteiger partial charge in [0.2, 0.25) is 5.91 Å². The van der Waals surface area contributed by atoms with Gasteiger partial charge in [0.05, 0.1) is 11.6 Å². The summed E-state index contributed by atoms with van der Waals surface area (Å²) in [6, 6.07) is 9.26. The van der Waals surface area contributed by atoms with E-state index >= 15 is 0 Å². The lowest BCUT2D eigenvalue weighted by atomic mass is 9.99. The molecule has 0 radical (unpaired) electrons. The highest BCUT2D eigenvalue weighted by Gasteiger charge is 2.34. The number of nitrogens with zero attached hydrogens (tertiary/aromatic N) is 2. The van der Waals surface area contributed by atoms with Gasteiger partial charge >= 0.3 is 0 Å². The van der Waals surface area contributed by atoms with Gasteiger partial charge in [0.15, 0.2) is 5.13 Å². The summed E-state index contributed by atoms with van der Waals surface area (Å²) in [7, 11) is -3.57. The van der Waals surface area contributed by atoms with Crippen molar-refractivity contribution in [3.05, 3.63) is 53.0 Å². The topological polar surface area (TPSA) is 79.4 Å². The molecule has 3 aromatic rings. The number of carbonyl (C=O) groups is 1. The van der Waals surface area contributed by atoms with Crippen LogP contribution in [0.4, 0.5) is 9.52 Å². The molecule has 152 valence electrons. The predicted octanol–water partition coefficient (Wildman–Crippen LogP) is 4.05. The van der Waals surface area contributed by atoms with E-state index in [2.05, 4.69) is 10.3 Å². The molecule has 10 heteroatoms.